The number of esters is 1. The van der Waals surface area contributed by atoms with Crippen molar-refractivity contribution in [3.8, 4) is 0 Å². The Hall–Kier alpha value is -1.32. The van der Waals surface area contributed by atoms with Crippen LogP contribution >= 0.6 is 0 Å². The molecule has 18 heavy (non-hydrogen) atoms. The van der Waals surface area contributed by atoms with E-state index in [0.717, 1.165) is 19.3 Å². The highest BCUT2D eigenvalue weighted by molar-refractivity contribution is 5.78. The lowest BCUT2D eigenvalue weighted by molar-refractivity contribution is -0.143. The molecular formula is C14H23NO3. The van der Waals surface area contributed by atoms with E-state index in [9.17, 15) is 9.59 Å². The summed E-state index contributed by atoms with van der Waals surface area (Å²) in [5, 5.41) is 3.02. The third-order valence-electron chi connectivity index (χ3n) is 3.12. The summed E-state index contributed by atoms with van der Waals surface area (Å²) in [4.78, 5) is 23.1. The second-order valence-corrected chi connectivity index (χ2v) is 5.64. The van der Waals surface area contributed by atoms with Gasteiger partial charge in [0, 0.05) is 12.5 Å². The Morgan fingerprint density at radius 1 is 1.33 bits per heavy atom. The number of rotatable bonds is 5. The van der Waals surface area contributed by atoms with Crippen molar-refractivity contribution >= 4 is 11.9 Å². The zero-order valence-electron chi connectivity index (χ0n) is 11.5. The zero-order chi connectivity index (χ0) is 13.6. The SMILES string of the molecule is COC(=O)CC(C)(C)CC(=O)N[C@H]1CC=CCC1. The zero-order valence-corrected chi connectivity index (χ0v) is 11.5. The van der Waals surface area contributed by atoms with E-state index in [0.29, 0.717) is 6.42 Å². The van der Waals surface area contributed by atoms with Crippen LogP contribution in [0.4, 0.5) is 0 Å². The minimum Gasteiger partial charge on any atom is -0.469 e. The van der Waals surface area contributed by atoms with Gasteiger partial charge in [0.15, 0.2) is 0 Å². The van der Waals surface area contributed by atoms with Crippen LogP contribution in [0.15, 0.2) is 12.2 Å². The number of ether oxygens (including phenoxy) is 1. The second kappa shape index (κ2) is 6.57. The molecule has 1 N–H and O–H groups in total. The molecule has 0 bridgehead atoms. The van der Waals surface area contributed by atoms with Gasteiger partial charge in [-0.15, -0.1) is 0 Å². The first kappa shape index (κ1) is 14.7. The average molecular weight is 253 g/mol. The number of carbonyl (C=O) groups is 2. The van der Waals surface area contributed by atoms with Gasteiger partial charge < -0.3 is 10.1 Å². The van der Waals surface area contributed by atoms with Gasteiger partial charge in [0.05, 0.1) is 13.5 Å². The molecule has 0 aromatic rings. The summed E-state index contributed by atoms with van der Waals surface area (Å²) in [6.07, 6.45) is 7.79. The topological polar surface area (TPSA) is 55.4 Å². The lowest BCUT2D eigenvalue weighted by Gasteiger charge is -2.25. The van der Waals surface area contributed by atoms with Crippen molar-refractivity contribution in [1.29, 1.82) is 0 Å². The van der Waals surface area contributed by atoms with Crippen LogP contribution in [0.3, 0.4) is 0 Å². The molecule has 1 aliphatic carbocycles. The second-order valence-electron chi connectivity index (χ2n) is 5.64. The summed E-state index contributed by atoms with van der Waals surface area (Å²) in [6.45, 7) is 3.81. The van der Waals surface area contributed by atoms with Crippen LogP contribution in [0.2, 0.25) is 0 Å². The van der Waals surface area contributed by atoms with E-state index in [1.54, 1.807) is 0 Å². The standard InChI is InChI=1S/C14H23NO3/c1-14(2,10-13(17)18-3)9-12(16)15-11-7-5-4-6-8-11/h4-5,11H,6-10H2,1-3H3,(H,15,16)/t11-/m0/s1. The molecule has 0 radical (unpaired) electrons. The van der Waals surface area contributed by atoms with E-state index in [-0.39, 0.29) is 29.8 Å². The van der Waals surface area contributed by atoms with E-state index in [1.165, 1.54) is 7.11 Å². The fraction of sp³-hybridized carbons (Fsp3) is 0.714. The molecule has 0 saturated heterocycles. The highest BCUT2D eigenvalue weighted by Crippen LogP contribution is 2.25. The number of allylic oxidation sites excluding steroid dienone is 1. The molecule has 102 valence electrons. The van der Waals surface area contributed by atoms with Crippen LogP contribution in [0.25, 0.3) is 0 Å². The third-order valence-corrected chi connectivity index (χ3v) is 3.12. The van der Waals surface area contributed by atoms with Gasteiger partial charge in [-0.3, -0.25) is 9.59 Å². The summed E-state index contributed by atoms with van der Waals surface area (Å²) in [6, 6.07) is 0.247. The van der Waals surface area contributed by atoms with Crippen molar-refractivity contribution in [2.75, 3.05) is 7.11 Å². The Kier molecular flexibility index (Phi) is 5.38. The van der Waals surface area contributed by atoms with Crippen LogP contribution in [0.5, 0.6) is 0 Å². The van der Waals surface area contributed by atoms with Gasteiger partial charge in [-0.05, 0) is 24.7 Å². The molecule has 0 fully saturated rings. The smallest absolute Gasteiger partial charge is 0.306 e. The normalized spacial score (nSPS) is 19.4. The minimum absolute atomic E-state index is 0.0178. The highest BCUT2D eigenvalue weighted by atomic mass is 16.5. The van der Waals surface area contributed by atoms with Gasteiger partial charge in [0.25, 0.3) is 0 Å². The molecule has 4 heteroatoms. The number of nitrogens with one attached hydrogen (secondary N) is 1. The first-order valence-corrected chi connectivity index (χ1v) is 6.44. The quantitative estimate of drug-likeness (QED) is 0.603. The van der Waals surface area contributed by atoms with Crippen molar-refractivity contribution < 1.29 is 14.3 Å². The number of amides is 1. The van der Waals surface area contributed by atoms with Crippen molar-refractivity contribution in [2.24, 2.45) is 5.41 Å². The van der Waals surface area contributed by atoms with Gasteiger partial charge >= 0.3 is 5.97 Å². The molecule has 0 unspecified atom stereocenters. The van der Waals surface area contributed by atoms with Crippen LogP contribution in [0, 0.1) is 5.41 Å². The first-order valence-electron chi connectivity index (χ1n) is 6.44. The minimum atomic E-state index is -0.359. The molecule has 0 heterocycles. The monoisotopic (exact) mass is 253 g/mol. The molecule has 1 aliphatic rings. The summed E-state index contributed by atoms with van der Waals surface area (Å²) < 4.78 is 4.64. The van der Waals surface area contributed by atoms with Gasteiger partial charge in [-0.2, -0.15) is 0 Å². The Balaban J connectivity index is 2.38. The van der Waals surface area contributed by atoms with Crippen molar-refractivity contribution in [1.82, 2.24) is 5.32 Å². The Morgan fingerprint density at radius 2 is 2.06 bits per heavy atom. The highest BCUT2D eigenvalue weighted by Gasteiger charge is 2.26. The number of methoxy groups -OCH3 is 1. The van der Waals surface area contributed by atoms with Gasteiger partial charge in [-0.1, -0.05) is 26.0 Å². The maximum Gasteiger partial charge on any atom is 0.306 e. The van der Waals surface area contributed by atoms with E-state index >= 15 is 0 Å². The van der Waals surface area contributed by atoms with E-state index in [4.69, 9.17) is 0 Å². The average Bonchev–Trinajstić information content (AvgIpc) is 2.28. The lowest BCUT2D eigenvalue weighted by Crippen LogP contribution is -2.38. The molecule has 1 rings (SSSR count). The molecule has 0 saturated carbocycles. The fourth-order valence-corrected chi connectivity index (χ4v) is 2.16. The molecular weight excluding hydrogens is 230 g/mol. The van der Waals surface area contributed by atoms with E-state index in [2.05, 4.69) is 22.2 Å². The molecule has 1 atom stereocenters. The maximum absolute atomic E-state index is 11.9. The summed E-state index contributed by atoms with van der Waals surface area (Å²) in [5.41, 5.74) is -0.359. The lowest BCUT2D eigenvalue weighted by atomic mass is 9.85. The predicted molar refractivity (Wildman–Crippen MR) is 70.0 cm³/mol. The molecule has 0 aliphatic heterocycles. The van der Waals surface area contributed by atoms with Crippen molar-refractivity contribution in [3.05, 3.63) is 12.2 Å². The summed E-state index contributed by atoms with van der Waals surface area (Å²) >= 11 is 0. The van der Waals surface area contributed by atoms with Crippen LogP contribution in [0.1, 0.15) is 46.0 Å². The Bertz CT molecular complexity index is 334. The van der Waals surface area contributed by atoms with Crippen LogP contribution in [-0.4, -0.2) is 25.0 Å². The predicted octanol–water partition coefficient (Wildman–Crippen LogP) is 2.19. The van der Waals surface area contributed by atoms with Gasteiger partial charge in [0.1, 0.15) is 0 Å². The maximum atomic E-state index is 11.9. The van der Waals surface area contributed by atoms with Crippen LogP contribution < -0.4 is 5.32 Å². The van der Waals surface area contributed by atoms with E-state index in [1.807, 2.05) is 13.8 Å². The Labute approximate surface area is 109 Å². The molecule has 0 aromatic carbocycles. The molecule has 0 spiro atoms. The van der Waals surface area contributed by atoms with Gasteiger partial charge in [-0.25, -0.2) is 0 Å². The fourth-order valence-electron chi connectivity index (χ4n) is 2.16. The molecule has 4 nitrogen and oxygen atoms in total. The number of hydrogen-bond donors (Lipinski definition) is 1. The van der Waals surface area contributed by atoms with Gasteiger partial charge in [0.2, 0.25) is 5.91 Å². The first-order chi connectivity index (χ1) is 8.43. The van der Waals surface area contributed by atoms with Crippen molar-refractivity contribution in [3.63, 3.8) is 0 Å². The summed E-state index contributed by atoms with van der Waals surface area (Å²) in [7, 11) is 1.37. The van der Waals surface area contributed by atoms with Crippen molar-refractivity contribution in [2.45, 2.75) is 52.0 Å². The largest absolute Gasteiger partial charge is 0.469 e. The molecule has 1 amide bonds. The van der Waals surface area contributed by atoms with Crippen LogP contribution in [-0.2, 0) is 14.3 Å². The number of hydrogen-bond acceptors (Lipinski definition) is 3. The summed E-state index contributed by atoms with van der Waals surface area (Å²) in [5.74, 6) is -0.252. The Morgan fingerprint density at radius 3 is 2.61 bits per heavy atom. The third kappa shape index (κ3) is 5.34. The van der Waals surface area contributed by atoms with E-state index < -0.39 is 0 Å². The molecule has 0 aromatic heterocycles. The number of carbonyl (C=O) groups excluding carboxylic acids is 2.